The molecule has 5 nitrogen and oxygen atoms in total. The average molecular weight is 237 g/mol. The summed E-state index contributed by atoms with van der Waals surface area (Å²) >= 11 is 0. The molecular weight excluding hydrogens is 218 g/mol. The highest BCUT2D eigenvalue weighted by Crippen LogP contribution is 2.14. The SMILES string of the molecule is CCCN(c1nc(C)cc(C(=O)O)n1)C(C)C. The third-order valence-corrected chi connectivity index (χ3v) is 2.41. The van der Waals surface area contributed by atoms with Gasteiger partial charge in [0.05, 0.1) is 0 Å². The Hall–Kier alpha value is -1.65. The van der Waals surface area contributed by atoms with Crippen LogP contribution in [0.5, 0.6) is 0 Å². The van der Waals surface area contributed by atoms with E-state index in [2.05, 4.69) is 16.9 Å². The van der Waals surface area contributed by atoms with E-state index in [1.807, 2.05) is 18.7 Å². The van der Waals surface area contributed by atoms with E-state index >= 15 is 0 Å². The fraction of sp³-hybridized carbons (Fsp3) is 0.583. The maximum atomic E-state index is 10.9. The van der Waals surface area contributed by atoms with Crippen LogP contribution in [0.25, 0.3) is 0 Å². The molecule has 0 spiro atoms. The van der Waals surface area contributed by atoms with Gasteiger partial charge in [0.25, 0.3) is 0 Å². The van der Waals surface area contributed by atoms with Gasteiger partial charge < -0.3 is 10.0 Å². The van der Waals surface area contributed by atoms with Gasteiger partial charge in [-0.2, -0.15) is 0 Å². The van der Waals surface area contributed by atoms with Crippen LogP contribution in [0.1, 0.15) is 43.4 Å². The standard InChI is InChI=1S/C12H19N3O2/c1-5-6-15(8(2)3)12-13-9(4)7-10(14-12)11(16)17/h7-8H,5-6H2,1-4H3,(H,16,17). The minimum Gasteiger partial charge on any atom is -0.477 e. The predicted octanol–water partition coefficient (Wildman–Crippen LogP) is 2.11. The fourth-order valence-electron chi connectivity index (χ4n) is 1.62. The Kier molecular flexibility index (Phi) is 4.43. The van der Waals surface area contributed by atoms with Gasteiger partial charge in [-0.15, -0.1) is 0 Å². The summed E-state index contributed by atoms with van der Waals surface area (Å²) in [5, 5.41) is 8.98. The molecule has 0 saturated heterocycles. The van der Waals surface area contributed by atoms with Crippen LogP contribution in [-0.2, 0) is 0 Å². The van der Waals surface area contributed by atoms with E-state index in [9.17, 15) is 4.79 Å². The number of hydrogen-bond donors (Lipinski definition) is 1. The Bertz CT molecular complexity index is 405. The van der Waals surface area contributed by atoms with Gasteiger partial charge in [-0.3, -0.25) is 0 Å². The molecule has 0 bridgehead atoms. The summed E-state index contributed by atoms with van der Waals surface area (Å²) in [7, 11) is 0. The Balaban J connectivity index is 3.14. The maximum absolute atomic E-state index is 10.9. The zero-order chi connectivity index (χ0) is 13.0. The molecular formula is C12H19N3O2. The molecule has 5 heteroatoms. The lowest BCUT2D eigenvalue weighted by Gasteiger charge is -2.26. The van der Waals surface area contributed by atoms with Gasteiger partial charge in [0.15, 0.2) is 5.69 Å². The average Bonchev–Trinajstić information content (AvgIpc) is 2.24. The second kappa shape index (κ2) is 5.61. The third kappa shape index (κ3) is 3.41. The summed E-state index contributed by atoms with van der Waals surface area (Å²) in [5.41, 5.74) is 0.725. The van der Waals surface area contributed by atoms with Crippen molar-refractivity contribution in [3.05, 3.63) is 17.5 Å². The Morgan fingerprint density at radius 3 is 2.59 bits per heavy atom. The quantitative estimate of drug-likeness (QED) is 0.849. The molecule has 0 aliphatic carbocycles. The molecule has 0 unspecified atom stereocenters. The summed E-state index contributed by atoms with van der Waals surface area (Å²) in [5.74, 6) is -0.517. The largest absolute Gasteiger partial charge is 0.477 e. The molecule has 0 aliphatic rings. The molecule has 0 aromatic carbocycles. The lowest BCUT2D eigenvalue weighted by Crippen LogP contribution is -2.33. The Labute approximate surface area is 102 Å². The molecule has 0 amide bonds. The summed E-state index contributed by atoms with van der Waals surface area (Å²) in [6, 6.07) is 1.73. The number of carboxylic acid groups (broad SMARTS) is 1. The van der Waals surface area contributed by atoms with Crippen molar-refractivity contribution in [2.45, 2.75) is 40.2 Å². The van der Waals surface area contributed by atoms with Crippen LogP contribution in [0, 0.1) is 6.92 Å². The van der Waals surface area contributed by atoms with Crippen LogP contribution >= 0.6 is 0 Å². The molecule has 0 atom stereocenters. The van der Waals surface area contributed by atoms with Crippen molar-refractivity contribution in [2.24, 2.45) is 0 Å². The van der Waals surface area contributed by atoms with E-state index in [1.165, 1.54) is 6.07 Å². The molecule has 1 aromatic rings. The molecule has 1 heterocycles. The van der Waals surface area contributed by atoms with Gasteiger partial charge in [0, 0.05) is 18.3 Å². The maximum Gasteiger partial charge on any atom is 0.354 e. The second-order valence-electron chi connectivity index (χ2n) is 4.29. The van der Waals surface area contributed by atoms with Crippen LogP contribution in [0.4, 0.5) is 5.95 Å². The van der Waals surface area contributed by atoms with Gasteiger partial charge in [-0.25, -0.2) is 14.8 Å². The summed E-state index contributed by atoms with van der Waals surface area (Å²) < 4.78 is 0. The van der Waals surface area contributed by atoms with Gasteiger partial charge >= 0.3 is 5.97 Å². The van der Waals surface area contributed by atoms with E-state index < -0.39 is 5.97 Å². The smallest absolute Gasteiger partial charge is 0.354 e. The van der Waals surface area contributed by atoms with Gasteiger partial charge in [-0.05, 0) is 33.3 Å². The lowest BCUT2D eigenvalue weighted by atomic mass is 10.3. The first-order valence-electron chi connectivity index (χ1n) is 5.81. The number of aromatic carboxylic acids is 1. The number of aromatic nitrogens is 2. The zero-order valence-corrected chi connectivity index (χ0v) is 10.8. The number of aryl methyl sites for hydroxylation is 1. The first-order chi connectivity index (χ1) is 7.95. The van der Waals surface area contributed by atoms with Crippen molar-refractivity contribution in [2.75, 3.05) is 11.4 Å². The molecule has 0 radical (unpaired) electrons. The molecule has 0 saturated carbocycles. The fourth-order valence-corrected chi connectivity index (χ4v) is 1.62. The van der Waals surface area contributed by atoms with Gasteiger partial charge in [0.1, 0.15) is 0 Å². The van der Waals surface area contributed by atoms with E-state index in [-0.39, 0.29) is 11.7 Å². The van der Waals surface area contributed by atoms with Crippen molar-refractivity contribution in [1.29, 1.82) is 0 Å². The van der Waals surface area contributed by atoms with E-state index in [1.54, 1.807) is 6.92 Å². The van der Waals surface area contributed by atoms with Crippen LogP contribution in [0.2, 0.25) is 0 Å². The highest BCUT2D eigenvalue weighted by molar-refractivity contribution is 5.85. The first-order valence-corrected chi connectivity index (χ1v) is 5.81. The van der Waals surface area contributed by atoms with Crippen LogP contribution in [0.15, 0.2) is 6.07 Å². The predicted molar refractivity (Wildman–Crippen MR) is 66.5 cm³/mol. The molecule has 1 aromatic heterocycles. The van der Waals surface area contributed by atoms with Crippen LogP contribution in [0.3, 0.4) is 0 Å². The normalized spacial score (nSPS) is 10.6. The summed E-state index contributed by atoms with van der Waals surface area (Å²) in [6.07, 6.45) is 0.970. The summed E-state index contributed by atoms with van der Waals surface area (Å²) in [6.45, 7) is 8.76. The van der Waals surface area contributed by atoms with E-state index in [0.29, 0.717) is 11.6 Å². The highest BCUT2D eigenvalue weighted by atomic mass is 16.4. The molecule has 94 valence electrons. The molecule has 1 rings (SSSR count). The number of hydrogen-bond acceptors (Lipinski definition) is 4. The number of anilines is 1. The topological polar surface area (TPSA) is 66.3 Å². The van der Waals surface area contributed by atoms with Crippen molar-refractivity contribution in [3.63, 3.8) is 0 Å². The van der Waals surface area contributed by atoms with Crippen LogP contribution in [-0.4, -0.2) is 33.6 Å². The minimum atomic E-state index is -1.02. The second-order valence-corrected chi connectivity index (χ2v) is 4.29. The lowest BCUT2D eigenvalue weighted by molar-refractivity contribution is 0.0690. The van der Waals surface area contributed by atoms with Crippen molar-refractivity contribution >= 4 is 11.9 Å². The van der Waals surface area contributed by atoms with Crippen molar-refractivity contribution < 1.29 is 9.90 Å². The Morgan fingerprint density at radius 1 is 1.47 bits per heavy atom. The van der Waals surface area contributed by atoms with E-state index in [0.717, 1.165) is 13.0 Å². The summed E-state index contributed by atoms with van der Waals surface area (Å²) in [4.78, 5) is 21.4. The minimum absolute atomic E-state index is 0.0502. The van der Waals surface area contributed by atoms with Crippen LogP contribution < -0.4 is 4.90 Å². The van der Waals surface area contributed by atoms with Crippen molar-refractivity contribution in [3.8, 4) is 0 Å². The number of rotatable bonds is 5. The third-order valence-electron chi connectivity index (χ3n) is 2.41. The number of carboxylic acids is 1. The molecule has 0 fully saturated rings. The molecule has 17 heavy (non-hydrogen) atoms. The van der Waals surface area contributed by atoms with Crippen molar-refractivity contribution in [1.82, 2.24) is 9.97 Å². The van der Waals surface area contributed by atoms with E-state index in [4.69, 9.17) is 5.11 Å². The molecule has 0 aliphatic heterocycles. The Morgan fingerprint density at radius 2 is 2.12 bits per heavy atom. The van der Waals surface area contributed by atoms with Gasteiger partial charge in [0.2, 0.25) is 5.95 Å². The van der Waals surface area contributed by atoms with Gasteiger partial charge in [-0.1, -0.05) is 6.92 Å². The highest BCUT2D eigenvalue weighted by Gasteiger charge is 2.16. The monoisotopic (exact) mass is 237 g/mol. The number of nitrogens with zero attached hydrogens (tertiary/aromatic N) is 3. The number of carbonyl (C=O) groups is 1. The first kappa shape index (κ1) is 13.4. The zero-order valence-electron chi connectivity index (χ0n) is 10.8. The molecule has 1 N–H and O–H groups in total.